The van der Waals surface area contributed by atoms with E-state index in [9.17, 15) is 0 Å². The van der Waals surface area contributed by atoms with Gasteiger partial charge in [0.05, 0.1) is 6.10 Å². The molecule has 0 aromatic carbocycles. The summed E-state index contributed by atoms with van der Waals surface area (Å²) in [7, 11) is 0. The Bertz CT molecular complexity index is 66.9. The fourth-order valence-electron chi connectivity index (χ4n) is 1.01. The van der Waals surface area contributed by atoms with Gasteiger partial charge < -0.3 is 10.4 Å². The summed E-state index contributed by atoms with van der Waals surface area (Å²) in [5, 5.41) is 12.0. The number of aliphatic hydroxyl groups excluding tert-OH is 1. The molecule has 0 spiro atoms. The van der Waals surface area contributed by atoms with Gasteiger partial charge in [0, 0.05) is 6.54 Å². The second-order valence-corrected chi connectivity index (χ2v) is 2.41. The van der Waals surface area contributed by atoms with Gasteiger partial charge in [-0.2, -0.15) is 0 Å². The molecule has 1 aliphatic heterocycles. The Morgan fingerprint density at radius 2 is 2.25 bits per heavy atom. The molecule has 1 aliphatic rings. The summed E-state index contributed by atoms with van der Waals surface area (Å²) in [6.07, 6.45) is 0.693. The van der Waals surface area contributed by atoms with Gasteiger partial charge in [-0.15, -0.1) is 0 Å². The molecule has 2 nitrogen and oxygen atoms in total. The fraction of sp³-hybridized carbons (Fsp3) is 0.833. The van der Waals surface area contributed by atoms with Crippen molar-refractivity contribution in [2.45, 2.75) is 12.5 Å². The van der Waals surface area contributed by atoms with Crippen molar-refractivity contribution in [1.29, 1.82) is 0 Å². The van der Waals surface area contributed by atoms with Crippen molar-refractivity contribution in [1.82, 2.24) is 5.32 Å². The number of nitrogens with one attached hydrogen (secondary N) is 1. The van der Waals surface area contributed by atoms with Crippen molar-refractivity contribution in [3.8, 4) is 0 Å². The quantitative estimate of drug-likeness (QED) is 0.457. The summed E-state index contributed by atoms with van der Waals surface area (Å²) in [6, 6.07) is 0. The van der Waals surface area contributed by atoms with Crippen LogP contribution in [-0.2, 0) is 0 Å². The predicted octanol–water partition coefficient (Wildman–Crippen LogP) is -0.209. The summed E-state index contributed by atoms with van der Waals surface area (Å²) in [6.45, 7) is 5.52. The molecule has 2 unspecified atom stereocenters. The zero-order valence-corrected chi connectivity index (χ0v) is 4.93. The zero-order chi connectivity index (χ0) is 5.98. The average molecular weight is 114 g/mol. The molecule has 2 heteroatoms. The fourth-order valence-corrected chi connectivity index (χ4v) is 1.01. The highest BCUT2D eigenvalue weighted by Crippen LogP contribution is 2.07. The van der Waals surface area contributed by atoms with Crippen LogP contribution in [0, 0.1) is 12.8 Å². The Labute approximate surface area is 49.9 Å². The average Bonchev–Trinajstić information content (AvgIpc) is 1.64. The van der Waals surface area contributed by atoms with Crippen LogP contribution in [0.15, 0.2) is 0 Å². The van der Waals surface area contributed by atoms with E-state index >= 15 is 0 Å². The molecule has 0 bridgehead atoms. The second kappa shape index (κ2) is 2.46. The lowest BCUT2D eigenvalue weighted by Crippen LogP contribution is -2.38. The first-order chi connectivity index (χ1) is 3.79. The molecule has 0 aromatic heterocycles. The molecule has 0 saturated carbocycles. The van der Waals surface area contributed by atoms with E-state index in [0.717, 1.165) is 19.5 Å². The lowest BCUT2D eigenvalue weighted by molar-refractivity contribution is 0.125. The van der Waals surface area contributed by atoms with Crippen LogP contribution in [0.3, 0.4) is 0 Å². The van der Waals surface area contributed by atoms with Gasteiger partial charge >= 0.3 is 0 Å². The third-order valence-corrected chi connectivity index (χ3v) is 1.42. The number of hydrogen-bond acceptors (Lipinski definition) is 2. The summed E-state index contributed by atoms with van der Waals surface area (Å²) < 4.78 is 0. The van der Waals surface area contributed by atoms with Crippen molar-refractivity contribution in [2.24, 2.45) is 5.92 Å². The second-order valence-electron chi connectivity index (χ2n) is 2.41. The number of β-amino-alcohol motifs (C(OH)–C–C–N with tert-alkyl or cyclic N) is 1. The molecule has 0 amide bonds. The van der Waals surface area contributed by atoms with Crippen molar-refractivity contribution in [2.75, 3.05) is 13.1 Å². The van der Waals surface area contributed by atoms with Crippen LogP contribution in [0.1, 0.15) is 6.42 Å². The smallest absolute Gasteiger partial charge is 0.0667 e. The maximum absolute atomic E-state index is 8.98. The number of aliphatic hydroxyl groups is 1. The van der Waals surface area contributed by atoms with Crippen molar-refractivity contribution in [3.63, 3.8) is 0 Å². The molecular weight excluding hydrogens is 102 g/mol. The summed E-state index contributed by atoms with van der Waals surface area (Å²) in [4.78, 5) is 0. The van der Waals surface area contributed by atoms with E-state index in [1.807, 2.05) is 0 Å². The first-order valence-electron chi connectivity index (χ1n) is 3.01. The minimum absolute atomic E-state index is 0.161. The van der Waals surface area contributed by atoms with Crippen molar-refractivity contribution < 1.29 is 5.11 Å². The molecule has 1 saturated heterocycles. The minimum atomic E-state index is -0.161. The first kappa shape index (κ1) is 6.05. The van der Waals surface area contributed by atoms with Crippen LogP contribution in [0.2, 0.25) is 0 Å². The highest BCUT2D eigenvalue weighted by atomic mass is 16.3. The molecule has 1 fully saturated rings. The maximum Gasteiger partial charge on any atom is 0.0667 e. The first-order valence-corrected chi connectivity index (χ1v) is 3.01. The molecule has 47 valence electrons. The highest BCUT2D eigenvalue weighted by molar-refractivity contribution is 4.76. The van der Waals surface area contributed by atoms with Crippen molar-refractivity contribution >= 4 is 0 Å². The monoisotopic (exact) mass is 114 g/mol. The van der Waals surface area contributed by atoms with Gasteiger partial charge in [-0.25, -0.2) is 0 Å². The number of hydrogen-bond donors (Lipinski definition) is 2. The molecule has 8 heavy (non-hydrogen) atoms. The van der Waals surface area contributed by atoms with Gasteiger partial charge in [-0.05, 0) is 25.8 Å². The van der Waals surface area contributed by atoms with Crippen LogP contribution < -0.4 is 5.32 Å². The van der Waals surface area contributed by atoms with Gasteiger partial charge in [0.2, 0.25) is 0 Å². The Morgan fingerprint density at radius 3 is 2.62 bits per heavy atom. The summed E-state index contributed by atoms with van der Waals surface area (Å²) in [5.74, 6) is 0.402. The van der Waals surface area contributed by atoms with Crippen LogP contribution in [0.25, 0.3) is 0 Å². The van der Waals surface area contributed by atoms with E-state index in [4.69, 9.17) is 5.11 Å². The lowest BCUT2D eigenvalue weighted by atomic mass is 10.0. The Kier molecular flexibility index (Phi) is 1.86. The SMILES string of the molecule is [CH2]C1CNCC(O)C1. The van der Waals surface area contributed by atoms with Gasteiger partial charge in [0.1, 0.15) is 0 Å². The third kappa shape index (κ3) is 1.46. The largest absolute Gasteiger partial charge is 0.392 e. The predicted molar refractivity (Wildman–Crippen MR) is 32.3 cm³/mol. The molecule has 0 aliphatic carbocycles. The minimum Gasteiger partial charge on any atom is -0.392 e. The normalized spacial score (nSPS) is 39.8. The molecule has 1 rings (SSSR count). The van der Waals surface area contributed by atoms with E-state index in [1.54, 1.807) is 0 Å². The number of rotatable bonds is 0. The van der Waals surface area contributed by atoms with E-state index < -0.39 is 0 Å². The molecule has 0 aromatic rings. The Balaban J connectivity index is 2.23. The molecular formula is C6H12NO. The molecule has 1 radical (unpaired) electrons. The van der Waals surface area contributed by atoms with E-state index in [2.05, 4.69) is 12.2 Å². The van der Waals surface area contributed by atoms with Crippen molar-refractivity contribution in [3.05, 3.63) is 6.92 Å². The van der Waals surface area contributed by atoms with E-state index in [1.165, 1.54) is 0 Å². The standard InChI is InChI=1S/C6H12NO/c1-5-2-6(8)4-7-3-5/h5-8H,1-4H2. The van der Waals surface area contributed by atoms with Crippen LogP contribution >= 0.6 is 0 Å². The van der Waals surface area contributed by atoms with Gasteiger partial charge in [0.15, 0.2) is 0 Å². The van der Waals surface area contributed by atoms with Gasteiger partial charge in [-0.3, -0.25) is 0 Å². The van der Waals surface area contributed by atoms with Crippen LogP contribution in [0.4, 0.5) is 0 Å². The third-order valence-electron chi connectivity index (χ3n) is 1.42. The Morgan fingerprint density at radius 1 is 1.50 bits per heavy atom. The van der Waals surface area contributed by atoms with Crippen LogP contribution in [-0.4, -0.2) is 24.3 Å². The lowest BCUT2D eigenvalue weighted by Gasteiger charge is -2.23. The molecule has 1 heterocycles. The zero-order valence-electron chi connectivity index (χ0n) is 4.93. The van der Waals surface area contributed by atoms with Gasteiger partial charge in [0.25, 0.3) is 0 Å². The summed E-state index contributed by atoms with van der Waals surface area (Å²) >= 11 is 0. The molecule has 2 N–H and O–H groups in total. The highest BCUT2D eigenvalue weighted by Gasteiger charge is 2.14. The van der Waals surface area contributed by atoms with E-state index in [0.29, 0.717) is 5.92 Å². The maximum atomic E-state index is 8.98. The molecule has 2 atom stereocenters. The van der Waals surface area contributed by atoms with Gasteiger partial charge in [-0.1, -0.05) is 0 Å². The van der Waals surface area contributed by atoms with Crippen LogP contribution in [0.5, 0.6) is 0 Å². The summed E-state index contributed by atoms with van der Waals surface area (Å²) in [5.41, 5.74) is 0. The topological polar surface area (TPSA) is 32.3 Å². The van der Waals surface area contributed by atoms with E-state index in [-0.39, 0.29) is 6.10 Å². The number of piperidine rings is 1. The Hall–Kier alpha value is -0.0800.